The molecule has 0 atom stereocenters. The summed E-state index contributed by atoms with van der Waals surface area (Å²) >= 11 is 1.22. The number of esters is 1. The predicted octanol–water partition coefficient (Wildman–Crippen LogP) is 1.47. The van der Waals surface area contributed by atoms with Crippen molar-refractivity contribution in [3.05, 3.63) is 41.5 Å². The van der Waals surface area contributed by atoms with E-state index in [0.717, 1.165) is 5.56 Å². The Morgan fingerprint density at radius 2 is 2.00 bits per heavy atom. The zero-order valence-corrected chi connectivity index (χ0v) is 14.8. The summed E-state index contributed by atoms with van der Waals surface area (Å²) in [4.78, 5) is 23.4. The van der Waals surface area contributed by atoms with Crippen molar-refractivity contribution in [1.82, 2.24) is 20.1 Å². The number of benzene rings is 1. The van der Waals surface area contributed by atoms with Crippen LogP contribution >= 0.6 is 11.8 Å². The Morgan fingerprint density at radius 3 is 2.68 bits per heavy atom. The van der Waals surface area contributed by atoms with Gasteiger partial charge in [0.2, 0.25) is 5.91 Å². The third kappa shape index (κ3) is 5.86. The Bertz CT molecular complexity index is 733. The van der Waals surface area contributed by atoms with Crippen LogP contribution in [0.4, 0.5) is 4.39 Å². The number of aromatic nitrogens is 3. The van der Waals surface area contributed by atoms with E-state index < -0.39 is 0 Å². The lowest BCUT2D eigenvalue weighted by atomic mass is 10.2. The van der Waals surface area contributed by atoms with Crippen molar-refractivity contribution >= 4 is 23.6 Å². The van der Waals surface area contributed by atoms with Crippen LogP contribution in [-0.2, 0) is 34.3 Å². The molecule has 2 rings (SSSR count). The van der Waals surface area contributed by atoms with Crippen LogP contribution < -0.4 is 5.32 Å². The molecular weight excluding hydrogens is 347 g/mol. The number of hydrogen-bond acceptors (Lipinski definition) is 6. The van der Waals surface area contributed by atoms with Crippen molar-refractivity contribution in [1.29, 1.82) is 0 Å². The molecular formula is C16H19FN4O3S. The number of ether oxygens (including phenoxy) is 1. The first-order valence-electron chi connectivity index (χ1n) is 7.67. The average Bonchev–Trinajstić information content (AvgIpc) is 2.93. The maximum absolute atomic E-state index is 12.8. The summed E-state index contributed by atoms with van der Waals surface area (Å²) in [7, 11) is 1.73. The first kappa shape index (κ1) is 18.9. The summed E-state index contributed by atoms with van der Waals surface area (Å²) in [5.74, 6) is -0.220. The number of halogens is 1. The minimum atomic E-state index is -0.369. The molecule has 134 valence electrons. The van der Waals surface area contributed by atoms with E-state index in [4.69, 9.17) is 4.74 Å². The van der Waals surface area contributed by atoms with Gasteiger partial charge in [-0.25, -0.2) is 4.39 Å². The number of carbonyl (C=O) groups excluding carboxylic acids is 2. The fraction of sp³-hybridized carbons (Fsp3) is 0.375. The quantitative estimate of drug-likeness (QED) is 0.562. The summed E-state index contributed by atoms with van der Waals surface area (Å²) in [6.45, 7) is 2.37. The third-order valence-electron chi connectivity index (χ3n) is 3.27. The van der Waals surface area contributed by atoms with Gasteiger partial charge >= 0.3 is 5.97 Å². The highest BCUT2D eigenvalue weighted by Crippen LogP contribution is 2.15. The van der Waals surface area contributed by atoms with Gasteiger partial charge in [0.25, 0.3) is 0 Å². The number of nitrogens with zero attached hydrogens (tertiary/aromatic N) is 3. The number of amides is 1. The molecule has 0 aliphatic carbocycles. The number of carbonyl (C=O) groups is 2. The molecule has 1 N–H and O–H groups in total. The number of nitrogens with one attached hydrogen (secondary N) is 1. The molecule has 0 aliphatic heterocycles. The van der Waals surface area contributed by atoms with Crippen LogP contribution in [0.25, 0.3) is 0 Å². The van der Waals surface area contributed by atoms with Crippen molar-refractivity contribution in [2.75, 3.05) is 12.4 Å². The van der Waals surface area contributed by atoms with Crippen LogP contribution in [0.2, 0.25) is 0 Å². The molecule has 2 aromatic rings. The Balaban J connectivity index is 1.80. The lowest BCUT2D eigenvalue weighted by molar-refractivity contribution is -0.142. The summed E-state index contributed by atoms with van der Waals surface area (Å²) in [6, 6.07) is 5.93. The van der Waals surface area contributed by atoms with Crippen LogP contribution in [-0.4, -0.2) is 39.0 Å². The van der Waals surface area contributed by atoms with Crippen molar-refractivity contribution < 1.29 is 18.7 Å². The lowest BCUT2D eigenvalue weighted by Crippen LogP contribution is -2.24. The van der Waals surface area contributed by atoms with E-state index >= 15 is 0 Å². The molecule has 0 fully saturated rings. The molecule has 7 nitrogen and oxygen atoms in total. The highest BCUT2D eigenvalue weighted by Gasteiger charge is 2.14. The molecule has 0 bridgehead atoms. The maximum Gasteiger partial charge on any atom is 0.313 e. The molecule has 1 aromatic carbocycles. The van der Waals surface area contributed by atoms with Gasteiger partial charge in [0.05, 0.1) is 12.4 Å². The highest BCUT2D eigenvalue weighted by molar-refractivity contribution is 7.99. The predicted molar refractivity (Wildman–Crippen MR) is 90.3 cm³/mol. The first-order valence-corrected chi connectivity index (χ1v) is 8.66. The fourth-order valence-electron chi connectivity index (χ4n) is 1.95. The molecule has 1 aromatic heterocycles. The van der Waals surface area contributed by atoms with Gasteiger partial charge in [-0.2, -0.15) is 0 Å². The molecule has 0 saturated carbocycles. The zero-order valence-electron chi connectivity index (χ0n) is 14.0. The first-order chi connectivity index (χ1) is 12.0. The van der Waals surface area contributed by atoms with Gasteiger partial charge in [0, 0.05) is 13.6 Å². The minimum Gasteiger partial charge on any atom is -0.466 e. The van der Waals surface area contributed by atoms with E-state index in [1.165, 1.54) is 23.9 Å². The van der Waals surface area contributed by atoms with E-state index in [2.05, 4.69) is 15.5 Å². The molecule has 1 amide bonds. The number of rotatable bonds is 8. The fourth-order valence-corrected chi connectivity index (χ4v) is 2.71. The Hall–Kier alpha value is -2.42. The van der Waals surface area contributed by atoms with Crippen molar-refractivity contribution in [3.8, 4) is 0 Å². The second kappa shape index (κ2) is 9.16. The van der Waals surface area contributed by atoms with E-state index in [-0.39, 0.29) is 29.9 Å². The van der Waals surface area contributed by atoms with Crippen molar-refractivity contribution in [3.63, 3.8) is 0 Å². The average molecular weight is 366 g/mol. The van der Waals surface area contributed by atoms with E-state index in [9.17, 15) is 14.0 Å². The second-order valence-corrected chi connectivity index (χ2v) is 6.07. The van der Waals surface area contributed by atoms with Crippen LogP contribution in [0.3, 0.4) is 0 Å². The van der Waals surface area contributed by atoms with E-state index in [1.54, 1.807) is 30.7 Å². The maximum atomic E-state index is 12.8. The molecule has 0 radical (unpaired) electrons. The minimum absolute atomic E-state index is 0.0364. The van der Waals surface area contributed by atoms with Crippen LogP contribution in [0, 0.1) is 5.82 Å². The van der Waals surface area contributed by atoms with Gasteiger partial charge in [-0.1, -0.05) is 23.9 Å². The van der Waals surface area contributed by atoms with Gasteiger partial charge in [0.1, 0.15) is 18.1 Å². The summed E-state index contributed by atoms with van der Waals surface area (Å²) in [5, 5.41) is 11.2. The standard InChI is InChI=1S/C16H19FN4O3S/c1-3-24-15(23)8-13-19-20-16(21(13)2)25-10-14(22)18-9-11-4-6-12(17)7-5-11/h4-7H,3,8-10H2,1-2H3,(H,18,22). The molecule has 0 spiro atoms. The normalized spacial score (nSPS) is 10.5. The smallest absolute Gasteiger partial charge is 0.313 e. The van der Waals surface area contributed by atoms with Gasteiger partial charge < -0.3 is 14.6 Å². The van der Waals surface area contributed by atoms with Crippen LogP contribution in [0.5, 0.6) is 0 Å². The lowest BCUT2D eigenvalue weighted by Gasteiger charge is -2.06. The van der Waals surface area contributed by atoms with Crippen LogP contribution in [0.1, 0.15) is 18.3 Å². The number of thioether (sulfide) groups is 1. The molecule has 25 heavy (non-hydrogen) atoms. The molecule has 0 unspecified atom stereocenters. The number of hydrogen-bond donors (Lipinski definition) is 1. The van der Waals surface area contributed by atoms with E-state index in [1.807, 2.05) is 0 Å². The molecule has 0 aliphatic rings. The monoisotopic (exact) mass is 366 g/mol. The Kier molecular flexibility index (Phi) is 6.93. The Labute approximate surface area is 149 Å². The van der Waals surface area contributed by atoms with E-state index in [0.29, 0.717) is 24.1 Å². The van der Waals surface area contributed by atoms with Crippen molar-refractivity contribution in [2.24, 2.45) is 7.05 Å². The highest BCUT2D eigenvalue weighted by atomic mass is 32.2. The summed E-state index contributed by atoms with van der Waals surface area (Å²) in [6.07, 6.45) is 0.0364. The zero-order chi connectivity index (χ0) is 18.2. The summed E-state index contributed by atoms with van der Waals surface area (Å²) < 4.78 is 19.4. The van der Waals surface area contributed by atoms with Crippen molar-refractivity contribution in [2.45, 2.75) is 25.0 Å². The van der Waals surface area contributed by atoms with Gasteiger partial charge in [0.15, 0.2) is 5.16 Å². The SMILES string of the molecule is CCOC(=O)Cc1nnc(SCC(=O)NCc2ccc(F)cc2)n1C. The molecule has 1 heterocycles. The topological polar surface area (TPSA) is 86.1 Å². The molecule has 0 saturated heterocycles. The van der Waals surface area contributed by atoms with Gasteiger partial charge in [-0.3, -0.25) is 9.59 Å². The van der Waals surface area contributed by atoms with Gasteiger partial charge in [-0.05, 0) is 24.6 Å². The second-order valence-electron chi connectivity index (χ2n) is 5.13. The Morgan fingerprint density at radius 1 is 1.28 bits per heavy atom. The van der Waals surface area contributed by atoms with Gasteiger partial charge in [-0.15, -0.1) is 10.2 Å². The van der Waals surface area contributed by atoms with Crippen LogP contribution in [0.15, 0.2) is 29.4 Å². The summed E-state index contributed by atoms with van der Waals surface area (Å²) in [5.41, 5.74) is 0.815. The molecule has 9 heteroatoms. The largest absolute Gasteiger partial charge is 0.466 e. The third-order valence-corrected chi connectivity index (χ3v) is 4.29.